The Bertz CT molecular complexity index is 772. The van der Waals surface area contributed by atoms with Crippen LogP contribution in [-0.2, 0) is 27.3 Å². The second-order valence-corrected chi connectivity index (χ2v) is 6.05. The zero-order valence-electron chi connectivity index (χ0n) is 14.2. The number of esters is 1. The molecule has 0 saturated heterocycles. The average molecular weight is 339 g/mol. The number of hydrogen-bond donors (Lipinski definition) is 0. The molecule has 0 aromatic heterocycles. The molecule has 5 nitrogen and oxygen atoms in total. The molecule has 25 heavy (non-hydrogen) atoms. The van der Waals surface area contributed by atoms with E-state index in [9.17, 15) is 9.59 Å². The summed E-state index contributed by atoms with van der Waals surface area (Å²) in [5.74, 6) is -0.0915. The van der Waals surface area contributed by atoms with E-state index in [1.807, 2.05) is 43.3 Å². The smallest absolute Gasteiger partial charge is 0.344 e. The fourth-order valence-corrected chi connectivity index (χ4v) is 2.84. The Hall–Kier alpha value is -2.82. The Labute approximate surface area is 147 Å². The molecule has 2 aromatic rings. The summed E-state index contributed by atoms with van der Waals surface area (Å²) in [7, 11) is 0. The maximum absolute atomic E-state index is 12.2. The number of para-hydroxylation sites is 1. The van der Waals surface area contributed by atoms with E-state index >= 15 is 0 Å². The van der Waals surface area contributed by atoms with Crippen LogP contribution in [0.3, 0.4) is 0 Å². The maximum atomic E-state index is 12.2. The number of benzene rings is 2. The SMILES string of the molecule is Cc1ccccc1OCC(=O)OCC(=O)N1CCc2ccccc2C1. The number of aryl methyl sites for hydroxylation is 1. The van der Waals surface area contributed by atoms with Gasteiger partial charge in [0, 0.05) is 13.1 Å². The highest BCUT2D eigenvalue weighted by Gasteiger charge is 2.21. The summed E-state index contributed by atoms with van der Waals surface area (Å²) < 4.78 is 10.5. The molecule has 0 fully saturated rings. The van der Waals surface area contributed by atoms with Crippen LogP contribution in [0.25, 0.3) is 0 Å². The highest BCUT2D eigenvalue weighted by molar-refractivity contribution is 5.81. The number of ether oxygens (including phenoxy) is 2. The number of fused-ring (bicyclic) bond motifs is 1. The van der Waals surface area contributed by atoms with E-state index in [1.165, 1.54) is 5.56 Å². The molecule has 3 rings (SSSR count). The van der Waals surface area contributed by atoms with Crippen LogP contribution in [0.2, 0.25) is 0 Å². The maximum Gasteiger partial charge on any atom is 0.344 e. The lowest BCUT2D eigenvalue weighted by atomic mass is 10.00. The molecule has 1 aliphatic heterocycles. The van der Waals surface area contributed by atoms with Gasteiger partial charge in [-0.25, -0.2) is 4.79 Å². The van der Waals surface area contributed by atoms with Gasteiger partial charge in [0.25, 0.3) is 5.91 Å². The van der Waals surface area contributed by atoms with Gasteiger partial charge in [0.2, 0.25) is 0 Å². The molecule has 0 saturated carbocycles. The zero-order chi connectivity index (χ0) is 17.6. The molecule has 0 spiro atoms. The van der Waals surface area contributed by atoms with E-state index in [1.54, 1.807) is 11.0 Å². The number of nitrogens with zero attached hydrogens (tertiary/aromatic N) is 1. The number of carbonyl (C=O) groups excluding carboxylic acids is 2. The predicted octanol–water partition coefficient (Wildman–Crippen LogP) is 2.50. The Kier molecular flexibility index (Phi) is 5.33. The fourth-order valence-electron chi connectivity index (χ4n) is 2.84. The molecule has 130 valence electrons. The van der Waals surface area contributed by atoms with Gasteiger partial charge in [0.05, 0.1) is 0 Å². The molecule has 1 amide bonds. The Morgan fingerprint density at radius 3 is 2.52 bits per heavy atom. The van der Waals surface area contributed by atoms with Crippen molar-refractivity contribution >= 4 is 11.9 Å². The molecule has 0 bridgehead atoms. The summed E-state index contributed by atoms with van der Waals surface area (Å²) in [4.78, 5) is 25.8. The van der Waals surface area contributed by atoms with Crippen LogP contribution in [0.15, 0.2) is 48.5 Å². The third-order valence-corrected chi connectivity index (χ3v) is 4.28. The van der Waals surface area contributed by atoms with Crippen LogP contribution in [-0.4, -0.2) is 36.5 Å². The lowest BCUT2D eigenvalue weighted by Crippen LogP contribution is -2.38. The van der Waals surface area contributed by atoms with Gasteiger partial charge in [-0.2, -0.15) is 0 Å². The third-order valence-electron chi connectivity index (χ3n) is 4.28. The molecule has 1 aliphatic rings. The fraction of sp³-hybridized carbons (Fsp3) is 0.300. The van der Waals surface area contributed by atoms with Gasteiger partial charge in [0.15, 0.2) is 13.2 Å². The summed E-state index contributed by atoms with van der Waals surface area (Å²) in [5.41, 5.74) is 3.37. The minimum absolute atomic E-state index is 0.182. The van der Waals surface area contributed by atoms with E-state index in [-0.39, 0.29) is 19.1 Å². The number of carbonyl (C=O) groups is 2. The van der Waals surface area contributed by atoms with E-state index in [2.05, 4.69) is 6.07 Å². The van der Waals surface area contributed by atoms with E-state index in [0.717, 1.165) is 17.5 Å². The van der Waals surface area contributed by atoms with Crippen molar-refractivity contribution in [2.45, 2.75) is 19.9 Å². The summed E-state index contributed by atoms with van der Waals surface area (Å²) >= 11 is 0. The lowest BCUT2D eigenvalue weighted by molar-refractivity contribution is -0.154. The summed E-state index contributed by atoms with van der Waals surface area (Å²) in [6, 6.07) is 15.5. The predicted molar refractivity (Wildman–Crippen MR) is 93.2 cm³/mol. The third kappa shape index (κ3) is 4.38. The van der Waals surface area contributed by atoms with Gasteiger partial charge in [-0.05, 0) is 36.1 Å². The number of rotatable bonds is 5. The first kappa shape index (κ1) is 17.0. The van der Waals surface area contributed by atoms with Crippen molar-refractivity contribution < 1.29 is 19.1 Å². The summed E-state index contributed by atoms with van der Waals surface area (Å²) in [5, 5.41) is 0. The van der Waals surface area contributed by atoms with Gasteiger partial charge >= 0.3 is 5.97 Å². The minimum Gasteiger partial charge on any atom is -0.482 e. The van der Waals surface area contributed by atoms with Crippen molar-refractivity contribution in [1.82, 2.24) is 4.90 Å². The Morgan fingerprint density at radius 2 is 1.72 bits per heavy atom. The van der Waals surface area contributed by atoms with Crippen molar-refractivity contribution in [3.8, 4) is 5.75 Å². The van der Waals surface area contributed by atoms with Crippen LogP contribution in [0.1, 0.15) is 16.7 Å². The monoisotopic (exact) mass is 339 g/mol. The first-order valence-electron chi connectivity index (χ1n) is 8.32. The van der Waals surface area contributed by atoms with Gasteiger partial charge in [0.1, 0.15) is 5.75 Å². The number of amides is 1. The second-order valence-electron chi connectivity index (χ2n) is 6.05. The van der Waals surface area contributed by atoms with Crippen molar-refractivity contribution in [2.75, 3.05) is 19.8 Å². The van der Waals surface area contributed by atoms with Crippen LogP contribution < -0.4 is 4.74 Å². The van der Waals surface area contributed by atoms with Gasteiger partial charge in [-0.1, -0.05) is 42.5 Å². The van der Waals surface area contributed by atoms with Crippen LogP contribution in [0, 0.1) is 6.92 Å². The lowest BCUT2D eigenvalue weighted by Gasteiger charge is -2.28. The Balaban J connectivity index is 1.45. The first-order chi connectivity index (χ1) is 12.1. The Morgan fingerprint density at radius 1 is 1.00 bits per heavy atom. The molecule has 0 aliphatic carbocycles. The van der Waals surface area contributed by atoms with Crippen LogP contribution >= 0.6 is 0 Å². The van der Waals surface area contributed by atoms with E-state index in [4.69, 9.17) is 9.47 Å². The number of hydrogen-bond acceptors (Lipinski definition) is 4. The van der Waals surface area contributed by atoms with Crippen LogP contribution in [0.5, 0.6) is 5.75 Å². The molecular formula is C20H21NO4. The largest absolute Gasteiger partial charge is 0.482 e. The molecule has 0 atom stereocenters. The van der Waals surface area contributed by atoms with Gasteiger partial charge < -0.3 is 14.4 Å². The topological polar surface area (TPSA) is 55.8 Å². The zero-order valence-corrected chi connectivity index (χ0v) is 14.2. The quantitative estimate of drug-likeness (QED) is 0.786. The highest BCUT2D eigenvalue weighted by atomic mass is 16.6. The van der Waals surface area contributed by atoms with Crippen molar-refractivity contribution in [2.24, 2.45) is 0 Å². The molecule has 0 unspecified atom stereocenters. The summed E-state index contributed by atoms with van der Waals surface area (Å²) in [6.45, 7) is 2.65. The van der Waals surface area contributed by atoms with Crippen molar-refractivity contribution in [3.05, 3.63) is 65.2 Å². The van der Waals surface area contributed by atoms with Crippen molar-refractivity contribution in [1.29, 1.82) is 0 Å². The summed E-state index contributed by atoms with van der Waals surface area (Å²) in [6.07, 6.45) is 0.826. The minimum atomic E-state index is -0.547. The highest BCUT2D eigenvalue weighted by Crippen LogP contribution is 2.18. The second kappa shape index (κ2) is 7.83. The van der Waals surface area contributed by atoms with Gasteiger partial charge in [-0.3, -0.25) is 4.79 Å². The average Bonchev–Trinajstić information content (AvgIpc) is 2.65. The normalized spacial score (nSPS) is 13.1. The van der Waals surface area contributed by atoms with Crippen molar-refractivity contribution in [3.63, 3.8) is 0 Å². The molecule has 5 heteroatoms. The van der Waals surface area contributed by atoms with E-state index < -0.39 is 5.97 Å². The molecule has 0 radical (unpaired) electrons. The first-order valence-corrected chi connectivity index (χ1v) is 8.32. The van der Waals surface area contributed by atoms with E-state index in [0.29, 0.717) is 18.8 Å². The molecule has 2 aromatic carbocycles. The molecule has 1 heterocycles. The van der Waals surface area contributed by atoms with Gasteiger partial charge in [-0.15, -0.1) is 0 Å². The van der Waals surface area contributed by atoms with Crippen LogP contribution in [0.4, 0.5) is 0 Å². The molecular weight excluding hydrogens is 318 g/mol. The standard InChI is InChI=1S/C20H21NO4/c1-15-6-2-5-9-18(15)24-14-20(23)25-13-19(22)21-11-10-16-7-3-4-8-17(16)12-21/h2-9H,10-14H2,1H3. The molecule has 0 N–H and O–H groups in total.